The van der Waals surface area contributed by atoms with Gasteiger partial charge < -0.3 is 20.1 Å². The molecule has 196 valence electrons. The molecule has 0 aromatic carbocycles. The molecule has 0 saturated heterocycles. The van der Waals surface area contributed by atoms with Crippen molar-refractivity contribution in [3.05, 3.63) is 47.8 Å². The second-order valence-electron chi connectivity index (χ2n) is 9.57. The first-order valence-corrected chi connectivity index (χ1v) is 11.7. The second kappa shape index (κ2) is 11.7. The molecule has 0 unspecified atom stereocenters. The molecule has 2 N–H and O–H groups in total. The Morgan fingerprint density at radius 1 is 1.24 bits per heavy atom. The number of carbonyl (C=O) groups excluding carboxylic acids is 1. The highest BCUT2D eigenvalue weighted by Crippen LogP contribution is 2.26. The summed E-state index contributed by atoms with van der Waals surface area (Å²) in [5, 5.41) is 23.9. The lowest BCUT2D eigenvalue weighted by atomic mass is 9.98. The van der Waals surface area contributed by atoms with Crippen molar-refractivity contribution in [1.82, 2.24) is 25.0 Å². The Bertz CT molecular complexity index is 1270. The van der Waals surface area contributed by atoms with Crippen LogP contribution in [0.2, 0.25) is 0 Å². The summed E-state index contributed by atoms with van der Waals surface area (Å²) in [6.07, 6.45) is 4.76. The van der Waals surface area contributed by atoms with E-state index < -0.39 is 17.5 Å². The third-order valence-electron chi connectivity index (χ3n) is 5.32. The standard InChI is InChI=1S/C25H31FN8O3/c1-15(9-22(35)37-25(3,4)5)20(14-36-6)32-24-19(26)10-17(12-27)23(33-24)31-18-11-21(16(2)28-13-18)34-29-7-8-30-34/h7-8,10-11,13,15,20H,9,14H2,1-6H3,(H2,31,32,33)/t15-,20-/m1/s1. The van der Waals surface area contributed by atoms with E-state index in [-0.39, 0.29) is 42.1 Å². The van der Waals surface area contributed by atoms with Gasteiger partial charge in [0.1, 0.15) is 17.4 Å². The van der Waals surface area contributed by atoms with Crippen LogP contribution in [-0.4, -0.2) is 56.3 Å². The molecule has 12 heteroatoms. The van der Waals surface area contributed by atoms with E-state index in [1.54, 1.807) is 45.4 Å². The van der Waals surface area contributed by atoms with Crippen molar-refractivity contribution in [2.75, 3.05) is 24.4 Å². The summed E-state index contributed by atoms with van der Waals surface area (Å²) in [4.78, 5) is 22.4. The monoisotopic (exact) mass is 510 g/mol. The number of nitriles is 1. The number of anilines is 3. The quantitative estimate of drug-likeness (QED) is 0.386. The number of nitrogens with one attached hydrogen (secondary N) is 2. The first kappa shape index (κ1) is 27.5. The van der Waals surface area contributed by atoms with Gasteiger partial charge in [0.25, 0.3) is 0 Å². The van der Waals surface area contributed by atoms with E-state index in [2.05, 4.69) is 30.8 Å². The smallest absolute Gasteiger partial charge is 0.306 e. The minimum atomic E-state index is -0.712. The molecule has 0 spiro atoms. The Morgan fingerprint density at radius 2 is 1.95 bits per heavy atom. The molecule has 3 aromatic heterocycles. The summed E-state index contributed by atoms with van der Waals surface area (Å²) < 4.78 is 25.6. The van der Waals surface area contributed by atoms with Crippen LogP contribution in [0.5, 0.6) is 0 Å². The molecule has 3 aromatic rings. The van der Waals surface area contributed by atoms with E-state index in [1.165, 1.54) is 11.9 Å². The van der Waals surface area contributed by atoms with E-state index in [4.69, 9.17) is 9.47 Å². The zero-order valence-electron chi connectivity index (χ0n) is 21.7. The lowest BCUT2D eigenvalue weighted by Crippen LogP contribution is -2.35. The fourth-order valence-corrected chi connectivity index (χ4v) is 3.53. The molecule has 2 atom stereocenters. The molecule has 37 heavy (non-hydrogen) atoms. The van der Waals surface area contributed by atoms with Crippen LogP contribution in [0.25, 0.3) is 5.69 Å². The van der Waals surface area contributed by atoms with Crippen molar-refractivity contribution >= 4 is 23.3 Å². The number of pyridine rings is 2. The Kier molecular flexibility index (Phi) is 8.73. The van der Waals surface area contributed by atoms with Crippen LogP contribution in [0, 0.1) is 30.0 Å². The van der Waals surface area contributed by atoms with Gasteiger partial charge in [-0.2, -0.15) is 15.5 Å². The van der Waals surface area contributed by atoms with Crippen molar-refractivity contribution in [3.8, 4) is 11.8 Å². The van der Waals surface area contributed by atoms with Gasteiger partial charge in [0.05, 0.1) is 54.6 Å². The number of aryl methyl sites for hydroxylation is 1. The predicted molar refractivity (Wildman–Crippen MR) is 135 cm³/mol. The third-order valence-corrected chi connectivity index (χ3v) is 5.32. The van der Waals surface area contributed by atoms with Gasteiger partial charge in [-0.15, -0.1) is 4.80 Å². The van der Waals surface area contributed by atoms with Crippen LogP contribution in [0.4, 0.5) is 21.7 Å². The summed E-state index contributed by atoms with van der Waals surface area (Å²) in [6, 6.07) is 4.34. The van der Waals surface area contributed by atoms with Gasteiger partial charge in [-0.1, -0.05) is 6.92 Å². The highest BCUT2D eigenvalue weighted by atomic mass is 19.1. The zero-order valence-corrected chi connectivity index (χ0v) is 21.7. The average Bonchev–Trinajstić information content (AvgIpc) is 3.35. The first-order valence-electron chi connectivity index (χ1n) is 11.7. The van der Waals surface area contributed by atoms with Gasteiger partial charge in [-0.05, 0) is 45.7 Å². The molecule has 3 rings (SSSR count). The Balaban J connectivity index is 1.86. The molecule has 0 saturated carbocycles. The van der Waals surface area contributed by atoms with Gasteiger partial charge >= 0.3 is 5.97 Å². The molecule has 0 aliphatic carbocycles. The van der Waals surface area contributed by atoms with Crippen LogP contribution in [0.3, 0.4) is 0 Å². The summed E-state index contributed by atoms with van der Waals surface area (Å²) >= 11 is 0. The predicted octanol–water partition coefficient (Wildman–Crippen LogP) is 3.91. The fraction of sp³-hybridized carbons (Fsp3) is 0.440. The van der Waals surface area contributed by atoms with E-state index in [1.807, 2.05) is 19.9 Å². The van der Waals surface area contributed by atoms with E-state index in [0.717, 1.165) is 6.07 Å². The van der Waals surface area contributed by atoms with Gasteiger partial charge in [0, 0.05) is 7.11 Å². The molecular formula is C25H31FN8O3. The number of ether oxygens (including phenoxy) is 2. The number of rotatable bonds is 10. The van der Waals surface area contributed by atoms with Crippen LogP contribution < -0.4 is 10.6 Å². The molecular weight excluding hydrogens is 479 g/mol. The summed E-state index contributed by atoms with van der Waals surface area (Å²) in [5.74, 6) is -1.31. The second-order valence-corrected chi connectivity index (χ2v) is 9.57. The number of nitrogens with zero attached hydrogens (tertiary/aromatic N) is 6. The maximum atomic E-state index is 14.9. The van der Waals surface area contributed by atoms with Crippen molar-refractivity contribution in [2.24, 2.45) is 5.92 Å². The van der Waals surface area contributed by atoms with Crippen molar-refractivity contribution in [1.29, 1.82) is 5.26 Å². The Hall–Kier alpha value is -4.11. The fourth-order valence-electron chi connectivity index (χ4n) is 3.53. The molecule has 0 radical (unpaired) electrons. The first-order chi connectivity index (χ1) is 17.5. The maximum Gasteiger partial charge on any atom is 0.306 e. The van der Waals surface area contributed by atoms with Crippen molar-refractivity contribution in [3.63, 3.8) is 0 Å². The summed E-state index contributed by atoms with van der Waals surface area (Å²) in [5.41, 5.74) is 1.22. The minimum absolute atomic E-state index is 0.00693. The Labute approximate surface area is 215 Å². The van der Waals surface area contributed by atoms with Gasteiger partial charge in [0.15, 0.2) is 17.5 Å². The van der Waals surface area contributed by atoms with Crippen LogP contribution in [0.1, 0.15) is 45.4 Å². The normalized spacial score (nSPS) is 12.9. The number of halogens is 1. The lowest BCUT2D eigenvalue weighted by molar-refractivity contribution is -0.156. The largest absolute Gasteiger partial charge is 0.460 e. The number of methoxy groups -OCH3 is 1. The zero-order chi connectivity index (χ0) is 27.2. The van der Waals surface area contributed by atoms with Gasteiger partial charge in [-0.25, -0.2) is 9.37 Å². The van der Waals surface area contributed by atoms with E-state index >= 15 is 0 Å². The Morgan fingerprint density at radius 3 is 2.57 bits per heavy atom. The van der Waals surface area contributed by atoms with E-state index in [9.17, 15) is 14.4 Å². The molecule has 0 bridgehead atoms. The highest BCUT2D eigenvalue weighted by molar-refractivity contribution is 5.70. The molecule has 11 nitrogen and oxygen atoms in total. The summed E-state index contributed by atoms with van der Waals surface area (Å²) in [6.45, 7) is 9.23. The van der Waals surface area contributed by atoms with Crippen molar-refractivity contribution in [2.45, 2.75) is 52.7 Å². The van der Waals surface area contributed by atoms with Crippen LogP contribution in [0.15, 0.2) is 30.7 Å². The topological polar surface area (TPSA) is 140 Å². The minimum Gasteiger partial charge on any atom is -0.460 e. The maximum absolute atomic E-state index is 14.9. The molecule has 0 amide bonds. The number of hydrogen-bond acceptors (Lipinski definition) is 10. The van der Waals surface area contributed by atoms with Crippen LogP contribution in [-0.2, 0) is 14.3 Å². The number of carbonyl (C=O) groups is 1. The van der Waals surface area contributed by atoms with Gasteiger partial charge in [-0.3, -0.25) is 9.78 Å². The average molecular weight is 511 g/mol. The third kappa shape index (κ3) is 7.44. The SMILES string of the molecule is COC[C@@H](Nc1nc(Nc2cnc(C)c(-n3nccn3)c2)c(C#N)cc1F)[C@H](C)CC(=O)OC(C)(C)C. The molecule has 3 heterocycles. The summed E-state index contributed by atoms with van der Waals surface area (Å²) in [7, 11) is 1.51. The van der Waals surface area contributed by atoms with E-state index in [0.29, 0.717) is 17.1 Å². The lowest BCUT2D eigenvalue weighted by Gasteiger charge is -2.27. The number of hydrogen-bond donors (Lipinski definition) is 2. The van der Waals surface area contributed by atoms with Gasteiger partial charge in [0.2, 0.25) is 0 Å². The number of aromatic nitrogens is 5. The molecule has 0 aliphatic rings. The number of esters is 1. The van der Waals surface area contributed by atoms with Crippen molar-refractivity contribution < 1.29 is 18.7 Å². The molecule has 0 fully saturated rings. The highest BCUT2D eigenvalue weighted by Gasteiger charge is 2.25. The molecule has 0 aliphatic heterocycles. The van der Waals surface area contributed by atoms with Crippen LogP contribution >= 0.6 is 0 Å².